The summed E-state index contributed by atoms with van der Waals surface area (Å²) in [6.07, 6.45) is -2.82. The molecule has 0 spiro atoms. The van der Waals surface area contributed by atoms with E-state index in [0.29, 0.717) is 22.9 Å². The molecule has 2 heterocycles. The summed E-state index contributed by atoms with van der Waals surface area (Å²) >= 11 is 0. The predicted molar refractivity (Wildman–Crippen MR) is 67.7 cm³/mol. The summed E-state index contributed by atoms with van der Waals surface area (Å²) in [5, 5.41) is 6.76. The highest BCUT2D eigenvalue weighted by molar-refractivity contribution is 5.44. The summed E-state index contributed by atoms with van der Waals surface area (Å²) in [6, 6.07) is 3.27. The number of rotatable bonds is 4. The second-order valence-electron chi connectivity index (χ2n) is 4.25. The zero-order valence-corrected chi connectivity index (χ0v) is 10.7. The Bertz CT molecular complexity index is 666. The van der Waals surface area contributed by atoms with Gasteiger partial charge < -0.3 is 5.32 Å². The first-order valence-electron chi connectivity index (χ1n) is 6.14. The van der Waals surface area contributed by atoms with E-state index in [9.17, 15) is 18.0 Å². The lowest BCUT2D eigenvalue weighted by molar-refractivity contribution is -0.142. The monoisotopic (exact) mass is 286 g/mol. The van der Waals surface area contributed by atoms with Crippen molar-refractivity contribution in [3.05, 3.63) is 34.2 Å². The molecule has 0 amide bonds. The quantitative estimate of drug-likeness (QED) is 0.876. The Morgan fingerprint density at radius 2 is 2.10 bits per heavy atom. The standard InChI is InChI=1S/C12H13F3N4O/c1-2-3-6-16-9-4-5-10-17-11(20)7-8(12(13,14)15)19(10)18-9/h4-5,7H,2-3,6H2,1H3,(H,16,18). The van der Waals surface area contributed by atoms with Gasteiger partial charge in [-0.15, -0.1) is 5.10 Å². The number of nitrogens with one attached hydrogen (secondary N) is 1. The summed E-state index contributed by atoms with van der Waals surface area (Å²) in [4.78, 5) is 14.7. The molecule has 108 valence electrons. The maximum atomic E-state index is 12.9. The van der Waals surface area contributed by atoms with Crippen LogP contribution in [0.2, 0.25) is 0 Å². The minimum Gasteiger partial charge on any atom is -0.369 e. The first-order valence-corrected chi connectivity index (χ1v) is 6.14. The zero-order valence-electron chi connectivity index (χ0n) is 10.7. The maximum absolute atomic E-state index is 12.9. The van der Waals surface area contributed by atoms with Crippen molar-refractivity contribution in [1.29, 1.82) is 0 Å². The van der Waals surface area contributed by atoms with E-state index in [1.54, 1.807) is 0 Å². The number of aromatic nitrogens is 3. The van der Waals surface area contributed by atoms with Crippen LogP contribution < -0.4 is 10.9 Å². The molecule has 0 saturated carbocycles. The highest BCUT2D eigenvalue weighted by Gasteiger charge is 2.34. The van der Waals surface area contributed by atoms with Crippen molar-refractivity contribution >= 4 is 11.5 Å². The maximum Gasteiger partial charge on any atom is 0.433 e. The Balaban J connectivity index is 2.49. The molecule has 1 N–H and O–H groups in total. The van der Waals surface area contributed by atoms with E-state index in [0.717, 1.165) is 12.8 Å². The van der Waals surface area contributed by atoms with Gasteiger partial charge in [-0.3, -0.25) is 4.79 Å². The van der Waals surface area contributed by atoms with E-state index in [4.69, 9.17) is 0 Å². The number of hydrogen-bond donors (Lipinski definition) is 1. The van der Waals surface area contributed by atoms with Crippen molar-refractivity contribution < 1.29 is 13.2 Å². The van der Waals surface area contributed by atoms with E-state index >= 15 is 0 Å². The summed E-state index contributed by atoms with van der Waals surface area (Å²) in [7, 11) is 0. The van der Waals surface area contributed by atoms with Crippen molar-refractivity contribution in [3.63, 3.8) is 0 Å². The lowest BCUT2D eigenvalue weighted by atomic mass is 10.3. The minimum atomic E-state index is -4.67. The molecule has 0 saturated heterocycles. The molecular weight excluding hydrogens is 273 g/mol. The first-order chi connectivity index (χ1) is 9.41. The van der Waals surface area contributed by atoms with Crippen LogP contribution in [0.25, 0.3) is 5.65 Å². The largest absolute Gasteiger partial charge is 0.433 e. The number of nitrogens with zero attached hydrogens (tertiary/aromatic N) is 3. The van der Waals surface area contributed by atoms with Gasteiger partial charge in [0.25, 0.3) is 5.56 Å². The second-order valence-corrected chi connectivity index (χ2v) is 4.25. The smallest absolute Gasteiger partial charge is 0.369 e. The molecule has 0 radical (unpaired) electrons. The van der Waals surface area contributed by atoms with Crippen LogP contribution in [0.5, 0.6) is 0 Å². The lowest BCUT2D eigenvalue weighted by Crippen LogP contribution is -2.21. The van der Waals surface area contributed by atoms with Crippen LogP contribution in [-0.4, -0.2) is 21.1 Å². The van der Waals surface area contributed by atoms with Gasteiger partial charge >= 0.3 is 6.18 Å². The molecule has 0 atom stereocenters. The average Bonchev–Trinajstić information content (AvgIpc) is 2.37. The molecular formula is C12H13F3N4O. The molecule has 0 fully saturated rings. The lowest BCUT2D eigenvalue weighted by Gasteiger charge is -2.12. The molecule has 2 aromatic heterocycles. The zero-order chi connectivity index (χ0) is 14.8. The predicted octanol–water partition coefficient (Wildman–Crippen LogP) is 2.32. The highest BCUT2D eigenvalue weighted by atomic mass is 19.4. The van der Waals surface area contributed by atoms with Crippen LogP contribution in [0.3, 0.4) is 0 Å². The fraction of sp³-hybridized carbons (Fsp3) is 0.417. The minimum absolute atomic E-state index is 0.133. The molecule has 2 aromatic rings. The summed E-state index contributed by atoms with van der Waals surface area (Å²) in [5.41, 5.74) is -2.21. The van der Waals surface area contributed by atoms with Gasteiger partial charge in [0.2, 0.25) is 0 Å². The Kier molecular flexibility index (Phi) is 3.91. The number of anilines is 1. The summed E-state index contributed by atoms with van der Waals surface area (Å²) in [5.74, 6) is 0.307. The molecule has 0 unspecified atom stereocenters. The van der Waals surface area contributed by atoms with E-state index in [1.165, 1.54) is 12.1 Å². The first kappa shape index (κ1) is 14.3. The topological polar surface area (TPSA) is 59.3 Å². The highest BCUT2D eigenvalue weighted by Crippen LogP contribution is 2.28. The second kappa shape index (κ2) is 5.48. The van der Waals surface area contributed by atoms with E-state index < -0.39 is 17.4 Å². The molecule has 0 aliphatic rings. The molecule has 2 rings (SSSR count). The van der Waals surface area contributed by atoms with Crippen LogP contribution >= 0.6 is 0 Å². The van der Waals surface area contributed by atoms with Gasteiger partial charge in [-0.1, -0.05) is 13.3 Å². The Labute approximate surface area is 112 Å². The fourth-order valence-electron chi connectivity index (χ4n) is 1.69. The molecule has 8 heteroatoms. The number of fused-ring (bicyclic) bond motifs is 1. The van der Waals surface area contributed by atoms with Crippen molar-refractivity contribution in [2.24, 2.45) is 0 Å². The van der Waals surface area contributed by atoms with Crippen LogP contribution in [0.1, 0.15) is 25.5 Å². The third-order valence-corrected chi connectivity index (χ3v) is 2.66. The van der Waals surface area contributed by atoms with Gasteiger partial charge in [-0.2, -0.15) is 18.2 Å². The van der Waals surface area contributed by atoms with E-state index in [2.05, 4.69) is 15.4 Å². The molecule has 0 aromatic carbocycles. The van der Waals surface area contributed by atoms with Gasteiger partial charge in [0, 0.05) is 12.6 Å². The van der Waals surface area contributed by atoms with Crippen molar-refractivity contribution in [2.45, 2.75) is 25.9 Å². The number of hydrogen-bond acceptors (Lipinski definition) is 4. The van der Waals surface area contributed by atoms with Crippen molar-refractivity contribution in [1.82, 2.24) is 14.6 Å². The van der Waals surface area contributed by atoms with Gasteiger partial charge in [-0.25, -0.2) is 4.52 Å². The number of halogens is 3. The molecule has 5 nitrogen and oxygen atoms in total. The summed E-state index contributed by atoms with van der Waals surface area (Å²) in [6.45, 7) is 2.62. The van der Waals surface area contributed by atoms with Crippen molar-refractivity contribution in [3.8, 4) is 0 Å². The van der Waals surface area contributed by atoms with Gasteiger partial charge in [0.05, 0.1) is 0 Å². The van der Waals surface area contributed by atoms with E-state index in [-0.39, 0.29) is 5.65 Å². The SMILES string of the molecule is CCCCNc1ccc2nc(=O)cc(C(F)(F)F)n2n1. The van der Waals surface area contributed by atoms with E-state index in [1.807, 2.05) is 6.92 Å². The molecule has 0 aliphatic heterocycles. The fourth-order valence-corrected chi connectivity index (χ4v) is 1.69. The third-order valence-electron chi connectivity index (χ3n) is 2.66. The van der Waals surface area contributed by atoms with Gasteiger partial charge in [-0.05, 0) is 18.6 Å². The average molecular weight is 286 g/mol. The van der Waals surface area contributed by atoms with Gasteiger partial charge in [0.15, 0.2) is 11.3 Å². The van der Waals surface area contributed by atoms with Crippen molar-refractivity contribution in [2.75, 3.05) is 11.9 Å². The molecule has 0 bridgehead atoms. The van der Waals surface area contributed by atoms with Crippen LogP contribution in [0.4, 0.5) is 19.0 Å². The normalized spacial score (nSPS) is 11.8. The Morgan fingerprint density at radius 3 is 2.75 bits per heavy atom. The Hall–Kier alpha value is -2.12. The number of unbranched alkanes of at least 4 members (excludes halogenated alkanes) is 1. The Morgan fingerprint density at radius 1 is 1.35 bits per heavy atom. The third kappa shape index (κ3) is 3.06. The molecule has 20 heavy (non-hydrogen) atoms. The summed E-state index contributed by atoms with van der Waals surface area (Å²) < 4.78 is 39.3. The molecule has 0 aliphatic carbocycles. The number of alkyl halides is 3. The van der Waals surface area contributed by atoms with Crippen LogP contribution in [-0.2, 0) is 6.18 Å². The van der Waals surface area contributed by atoms with Gasteiger partial charge in [0.1, 0.15) is 5.82 Å². The van der Waals surface area contributed by atoms with Crippen LogP contribution in [0, 0.1) is 0 Å². The van der Waals surface area contributed by atoms with Crippen LogP contribution in [0.15, 0.2) is 23.0 Å².